The molecule has 0 aliphatic carbocycles. The van der Waals surface area contributed by atoms with Crippen LogP contribution in [0.2, 0.25) is 0 Å². The van der Waals surface area contributed by atoms with Crippen LogP contribution in [0.25, 0.3) is 10.2 Å². The molecule has 0 saturated carbocycles. The van der Waals surface area contributed by atoms with E-state index in [1.54, 1.807) is 0 Å². The number of thiophene rings is 1. The Morgan fingerprint density at radius 3 is 2.86 bits per heavy atom. The summed E-state index contributed by atoms with van der Waals surface area (Å²) in [7, 11) is 0. The molecule has 0 spiro atoms. The van der Waals surface area contributed by atoms with E-state index in [1.807, 2.05) is 17.0 Å². The number of aryl methyl sites for hydroxylation is 1. The van der Waals surface area contributed by atoms with Gasteiger partial charge in [0.15, 0.2) is 0 Å². The van der Waals surface area contributed by atoms with Gasteiger partial charge >= 0.3 is 0 Å². The molecule has 112 valence electrons. The van der Waals surface area contributed by atoms with Crippen LogP contribution < -0.4 is 5.73 Å². The van der Waals surface area contributed by atoms with Gasteiger partial charge in [-0.3, -0.25) is 4.79 Å². The van der Waals surface area contributed by atoms with Crippen LogP contribution in [0, 0.1) is 0 Å². The van der Waals surface area contributed by atoms with Crippen molar-refractivity contribution in [1.29, 1.82) is 0 Å². The highest BCUT2D eigenvalue weighted by atomic mass is 32.1. The summed E-state index contributed by atoms with van der Waals surface area (Å²) >= 11 is 1.44. The number of amides is 1. The van der Waals surface area contributed by atoms with Gasteiger partial charge in [0.2, 0.25) is 0 Å². The first-order chi connectivity index (χ1) is 10.2. The molecule has 0 atom stereocenters. The maximum absolute atomic E-state index is 12.5. The van der Waals surface area contributed by atoms with Gasteiger partial charge in [0.25, 0.3) is 5.91 Å². The molecule has 1 fully saturated rings. The van der Waals surface area contributed by atoms with Crippen molar-refractivity contribution >= 4 is 33.1 Å². The van der Waals surface area contributed by atoms with Gasteiger partial charge in [0.1, 0.15) is 9.71 Å². The number of carbonyl (C=O) groups is 1. The molecule has 1 aliphatic heterocycles. The largest absolute Gasteiger partial charge is 0.397 e. The van der Waals surface area contributed by atoms with Crippen LogP contribution in [0.15, 0.2) is 12.1 Å². The van der Waals surface area contributed by atoms with E-state index < -0.39 is 0 Å². The highest BCUT2D eigenvalue weighted by Crippen LogP contribution is 2.34. The van der Waals surface area contributed by atoms with Crippen molar-refractivity contribution in [1.82, 2.24) is 9.88 Å². The second-order valence-corrected chi connectivity index (χ2v) is 6.60. The van der Waals surface area contributed by atoms with Crippen molar-refractivity contribution in [3.05, 3.63) is 22.7 Å². The number of hydrogen-bond acceptors (Lipinski definition) is 4. The van der Waals surface area contributed by atoms with E-state index in [0.717, 1.165) is 61.1 Å². The Balaban J connectivity index is 1.92. The van der Waals surface area contributed by atoms with Gasteiger partial charge in [-0.15, -0.1) is 11.3 Å². The molecule has 0 bridgehead atoms. The third kappa shape index (κ3) is 2.75. The van der Waals surface area contributed by atoms with E-state index in [-0.39, 0.29) is 5.91 Å². The summed E-state index contributed by atoms with van der Waals surface area (Å²) in [4.78, 5) is 20.6. The third-order valence-corrected chi connectivity index (χ3v) is 5.13. The number of unbranched alkanes of at least 4 members (excludes halogenated alkanes) is 1. The van der Waals surface area contributed by atoms with Crippen LogP contribution in [0.1, 0.15) is 48.0 Å². The number of aromatic nitrogens is 1. The third-order valence-electron chi connectivity index (χ3n) is 4.03. The molecule has 1 amide bonds. The van der Waals surface area contributed by atoms with E-state index in [1.165, 1.54) is 11.3 Å². The van der Waals surface area contributed by atoms with Gasteiger partial charge in [-0.1, -0.05) is 13.3 Å². The molecule has 2 N–H and O–H groups in total. The van der Waals surface area contributed by atoms with Crippen LogP contribution in [0.3, 0.4) is 0 Å². The topological polar surface area (TPSA) is 59.2 Å². The zero-order chi connectivity index (χ0) is 14.8. The lowest BCUT2D eigenvalue weighted by Gasteiger charge is -2.13. The maximum Gasteiger partial charge on any atom is 0.266 e. The molecular weight excluding hydrogens is 282 g/mol. The quantitative estimate of drug-likeness (QED) is 0.941. The minimum Gasteiger partial charge on any atom is -0.397 e. The standard InChI is InChI=1S/C16H21N3OS/c1-2-3-6-11-7-8-12-13(17)14(21-15(12)18-11)16(20)19-9-4-5-10-19/h7-8H,2-6,9-10,17H2,1H3. The average Bonchev–Trinajstić information content (AvgIpc) is 3.13. The van der Waals surface area contributed by atoms with Gasteiger partial charge in [0.05, 0.1) is 5.69 Å². The van der Waals surface area contributed by atoms with Crippen LogP contribution in [-0.4, -0.2) is 28.9 Å². The number of fused-ring (bicyclic) bond motifs is 1. The molecular formula is C16H21N3OS. The van der Waals surface area contributed by atoms with E-state index in [2.05, 4.69) is 11.9 Å². The fourth-order valence-electron chi connectivity index (χ4n) is 2.76. The minimum atomic E-state index is 0.0723. The lowest BCUT2D eigenvalue weighted by atomic mass is 10.1. The molecule has 0 aromatic carbocycles. The zero-order valence-electron chi connectivity index (χ0n) is 12.4. The molecule has 0 radical (unpaired) electrons. The number of carbonyl (C=O) groups excluding carboxylic acids is 1. The van der Waals surface area contributed by atoms with Crippen molar-refractivity contribution in [3.63, 3.8) is 0 Å². The SMILES string of the molecule is CCCCc1ccc2c(N)c(C(=O)N3CCCC3)sc2n1. The Hall–Kier alpha value is -1.62. The van der Waals surface area contributed by atoms with E-state index in [0.29, 0.717) is 10.6 Å². The number of nitrogens with zero attached hydrogens (tertiary/aromatic N) is 2. The molecule has 21 heavy (non-hydrogen) atoms. The summed E-state index contributed by atoms with van der Waals surface area (Å²) in [5, 5.41) is 0.919. The minimum absolute atomic E-state index is 0.0723. The molecule has 2 aromatic rings. The normalized spacial score (nSPS) is 15.0. The number of anilines is 1. The Labute approximate surface area is 129 Å². The lowest BCUT2D eigenvalue weighted by molar-refractivity contribution is 0.0798. The van der Waals surface area contributed by atoms with Crippen molar-refractivity contribution in [2.24, 2.45) is 0 Å². The van der Waals surface area contributed by atoms with Gasteiger partial charge in [-0.2, -0.15) is 0 Å². The average molecular weight is 303 g/mol. The summed E-state index contributed by atoms with van der Waals surface area (Å²) in [5.41, 5.74) is 7.87. The monoisotopic (exact) mass is 303 g/mol. The van der Waals surface area contributed by atoms with Gasteiger partial charge in [-0.25, -0.2) is 4.98 Å². The van der Waals surface area contributed by atoms with E-state index in [9.17, 15) is 4.79 Å². The van der Waals surface area contributed by atoms with Crippen molar-refractivity contribution < 1.29 is 4.79 Å². The first-order valence-electron chi connectivity index (χ1n) is 7.68. The fraction of sp³-hybridized carbons (Fsp3) is 0.500. The number of pyridine rings is 1. The number of rotatable bonds is 4. The second kappa shape index (κ2) is 6.02. The predicted octanol–water partition coefficient (Wildman–Crippen LogP) is 3.46. The summed E-state index contributed by atoms with van der Waals surface area (Å²) < 4.78 is 0. The first kappa shape index (κ1) is 14.3. The van der Waals surface area contributed by atoms with Crippen LogP contribution in [0.5, 0.6) is 0 Å². The first-order valence-corrected chi connectivity index (χ1v) is 8.49. The summed E-state index contributed by atoms with van der Waals surface area (Å²) in [5.74, 6) is 0.0723. The van der Waals surface area contributed by atoms with Crippen molar-refractivity contribution in [3.8, 4) is 0 Å². The highest BCUT2D eigenvalue weighted by molar-refractivity contribution is 7.21. The number of nitrogens with two attached hydrogens (primary N) is 1. The Morgan fingerprint density at radius 2 is 2.14 bits per heavy atom. The molecule has 0 unspecified atom stereocenters. The van der Waals surface area contributed by atoms with Gasteiger partial charge < -0.3 is 10.6 Å². The molecule has 1 saturated heterocycles. The highest BCUT2D eigenvalue weighted by Gasteiger charge is 2.24. The van der Waals surface area contributed by atoms with Gasteiger partial charge in [0, 0.05) is 24.2 Å². The molecule has 2 aromatic heterocycles. The molecule has 3 heterocycles. The van der Waals surface area contributed by atoms with Crippen LogP contribution in [0.4, 0.5) is 5.69 Å². The Morgan fingerprint density at radius 1 is 1.38 bits per heavy atom. The zero-order valence-corrected chi connectivity index (χ0v) is 13.2. The van der Waals surface area contributed by atoms with Crippen LogP contribution in [-0.2, 0) is 6.42 Å². The molecule has 1 aliphatic rings. The molecule has 5 heteroatoms. The smallest absolute Gasteiger partial charge is 0.266 e. The van der Waals surface area contributed by atoms with E-state index in [4.69, 9.17) is 5.73 Å². The van der Waals surface area contributed by atoms with E-state index >= 15 is 0 Å². The fourth-order valence-corrected chi connectivity index (χ4v) is 3.84. The second-order valence-electron chi connectivity index (χ2n) is 5.60. The van der Waals surface area contributed by atoms with Gasteiger partial charge in [-0.05, 0) is 37.8 Å². The van der Waals surface area contributed by atoms with Crippen molar-refractivity contribution in [2.75, 3.05) is 18.8 Å². The van der Waals surface area contributed by atoms with Crippen molar-refractivity contribution in [2.45, 2.75) is 39.0 Å². The Kier molecular flexibility index (Phi) is 4.10. The molecule has 4 nitrogen and oxygen atoms in total. The lowest BCUT2D eigenvalue weighted by Crippen LogP contribution is -2.27. The van der Waals surface area contributed by atoms with Crippen LogP contribution >= 0.6 is 11.3 Å². The maximum atomic E-state index is 12.5. The Bertz CT molecular complexity index is 659. The summed E-state index contributed by atoms with van der Waals surface area (Å²) in [6.45, 7) is 3.87. The molecule has 3 rings (SSSR count). The number of likely N-dealkylation sites (tertiary alicyclic amines) is 1. The predicted molar refractivity (Wildman–Crippen MR) is 87.8 cm³/mol. The number of hydrogen-bond donors (Lipinski definition) is 1. The number of nitrogen functional groups attached to an aromatic ring is 1. The summed E-state index contributed by atoms with van der Waals surface area (Å²) in [6.07, 6.45) is 5.47. The summed E-state index contributed by atoms with van der Waals surface area (Å²) in [6, 6.07) is 4.05.